The Morgan fingerprint density at radius 2 is 2.13 bits per heavy atom. The molecule has 1 aliphatic heterocycles. The second kappa shape index (κ2) is 9.51. The van der Waals surface area contributed by atoms with Gasteiger partial charge < -0.3 is 20.1 Å². The van der Waals surface area contributed by atoms with E-state index in [1.807, 2.05) is 29.8 Å². The Balaban J connectivity index is 1.39. The van der Waals surface area contributed by atoms with Crippen LogP contribution in [0, 0.1) is 0 Å². The predicted molar refractivity (Wildman–Crippen MR) is 120 cm³/mol. The number of benzene rings is 1. The molecule has 162 valence electrons. The van der Waals surface area contributed by atoms with E-state index in [0.717, 1.165) is 34.9 Å². The number of rotatable bonds is 7. The standard InChI is InChI=1S/C23H28N6O2/c1-4-30-20-11-18-9-16(2)31-21(18)12-19(20)14-28-23(24-3)27-13-17-5-6-26-22(10-17)29-8-7-25-15-29/h5-8,10-12,15-16H,4,9,13-14H2,1-3H3,(H2,24,27,28). The molecule has 4 rings (SSSR count). The van der Waals surface area contributed by atoms with Crippen molar-refractivity contribution in [2.24, 2.45) is 4.99 Å². The minimum absolute atomic E-state index is 0.203. The fraction of sp³-hybridized carbons (Fsp3) is 0.348. The second-order valence-electron chi connectivity index (χ2n) is 7.40. The van der Waals surface area contributed by atoms with Gasteiger partial charge in [-0.15, -0.1) is 0 Å². The van der Waals surface area contributed by atoms with E-state index >= 15 is 0 Å². The molecule has 2 aromatic heterocycles. The third-order valence-corrected chi connectivity index (χ3v) is 5.09. The van der Waals surface area contributed by atoms with Crippen molar-refractivity contribution < 1.29 is 9.47 Å². The molecular formula is C23H28N6O2. The van der Waals surface area contributed by atoms with Gasteiger partial charge in [-0.1, -0.05) is 0 Å². The predicted octanol–water partition coefficient (Wildman–Crippen LogP) is 2.85. The van der Waals surface area contributed by atoms with Gasteiger partial charge in [0.05, 0.1) is 6.61 Å². The minimum atomic E-state index is 0.203. The highest BCUT2D eigenvalue weighted by atomic mass is 16.5. The summed E-state index contributed by atoms with van der Waals surface area (Å²) in [7, 11) is 1.76. The van der Waals surface area contributed by atoms with Gasteiger partial charge in [0.1, 0.15) is 29.7 Å². The van der Waals surface area contributed by atoms with Crippen LogP contribution in [0.2, 0.25) is 0 Å². The molecule has 3 heterocycles. The SMILES string of the molecule is CCOc1cc2c(cc1CNC(=NC)NCc1ccnc(-n3ccnc3)c1)OC(C)C2. The van der Waals surface area contributed by atoms with Crippen molar-refractivity contribution in [1.29, 1.82) is 0 Å². The molecule has 3 aromatic rings. The summed E-state index contributed by atoms with van der Waals surface area (Å²) in [4.78, 5) is 12.8. The van der Waals surface area contributed by atoms with Crippen LogP contribution in [0.15, 0.2) is 54.2 Å². The first-order valence-electron chi connectivity index (χ1n) is 10.5. The minimum Gasteiger partial charge on any atom is -0.494 e. The number of aromatic nitrogens is 3. The van der Waals surface area contributed by atoms with Crippen LogP contribution in [0.3, 0.4) is 0 Å². The van der Waals surface area contributed by atoms with Gasteiger partial charge in [-0.05, 0) is 43.7 Å². The monoisotopic (exact) mass is 420 g/mol. The summed E-state index contributed by atoms with van der Waals surface area (Å²) >= 11 is 0. The van der Waals surface area contributed by atoms with E-state index in [2.05, 4.69) is 44.7 Å². The Morgan fingerprint density at radius 1 is 1.26 bits per heavy atom. The molecule has 0 radical (unpaired) electrons. The fourth-order valence-corrected chi connectivity index (χ4v) is 3.60. The molecule has 8 heteroatoms. The zero-order chi connectivity index (χ0) is 21.6. The van der Waals surface area contributed by atoms with Crippen molar-refractivity contribution in [2.45, 2.75) is 39.5 Å². The van der Waals surface area contributed by atoms with Crippen molar-refractivity contribution in [3.63, 3.8) is 0 Å². The lowest BCUT2D eigenvalue weighted by Gasteiger charge is -2.16. The molecule has 1 unspecified atom stereocenters. The van der Waals surface area contributed by atoms with E-state index in [4.69, 9.17) is 9.47 Å². The number of guanidine groups is 1. The molecule has 0 saturated heterocycles. The van der Waals surface area contributed by atoms with Crippen LogP contribution in [0.4, 0.5) is 0 Å². The van der Waals surface area contributed by atoms with Crippen LogP contribution in [0.1, 0.15) is 30.5 Å². The topological polar surface area (TPSA) is 85.6 Å². The Labute approximate surface area is 182 Å². The van der Waals surface area contributed by atoms with Crippen LogP contribution >= 0.6 is 0 Å². The van der Waals surface area contributed by atoms with Crippen LogP contribution < -0.4 is 20.1 Å². The third-order valence-electron chi connectivity index (χ3n) is 5.09. The molecule has 1 aromatic carbocycles. The maximum absolute atomic E-state index is 5.92. The summed E-state index contributed by atoms with van der Waals surface area (Å²) in [5, 5.41) is 6.73. The van der Waals surface area contributed by atoms with Crippen molar-refractivity contribution in [1.82, 2.24) is 25.2 Å². The highest BCUT2D eigenvalue weighted by Crippen LogP contribution is 2.35. The number of hydrogen-bond donors (Lipinski definition) is 2. The van der Waals surface area contributed by atoms with Gasteiger partial charge in [0.15, 0.2) is 5.96 Å². The zero-order valence-electron chi connectivity index (χ0n) is 18.1. The van der Waals surface area contributed by atoms with E-state index in [1.54, 1.807) is 25.8 Å². The molecule has 2 N–H and O–H groups in total. The Bertz CT molecular complexity index is 1050. The van der Waals surface area contributed by atoms with E-state index in [0.29, 0.717) is 25.7 Å². The van der Waals surface area contributed by atoms with Crippen LogP contribution in [0.5, 0.6) is 11.5 Å². The summed E-state index contributed by atoms with van der Waals surface area (Å²) in [6, 6.07) is 8.18. The van der Waals surface area contributed by atoms with Gasteiger partial charge in [-0.2, -0.15) is 0 Å². The summed E-state index contributed by atoms with van der Waals surface area (Å²) < 4.78 is 13.7. The van der Waals surface area contributed by atoms with Gasteiger partial charge in [-0.3, -0.25) is 9.56 Å². The number of ether oxygens (including phenoxy) is 2. The molecule has 0 aliphatic carbocycles. The average molecular weight is 421 g/mol. The van der Waals surface area contributed by atoms with Gasteiger partial charge >= 0.3 is 0 Å². The largest absolute Gasteiger partial charge is 0.494 e. The lowest BCUT2D eigenvalue weighted by molar-refractivity contribution is 0.254. The maximum atomic E-state index is 5.92. The van der Waals surface area contributed by atoms with Crippen molar-refractivity contribution in [3.05, 3.63) is 65.9 Å². The number of pyridine rings is 1. The smallest absolute Gasteiger partial charge is 0.191 e. The first-order valence-corrected chi connectivity index (χ1v) is 10.5. The average Bonchev–Trinajstić information content (AvgIpc) is 3.43. The second-order valence-corrected chi connectivity index (χ2v) is 7.40. The number of aliphatic imine (C=N–C) groups is 1. The number of imidazole rings is 1. The maximum Gasteiger partial charge on any atom is 0.191 e. The molecule has 8 nitrogen and oxygen atoms in total. The fourth-order valence-electron chi connectivity index (χ4n) is 3.60. The Hall–Kier alpha value is -3.55. The number of fused-ring (bicyclic) bond motifs is 1. The Kier molecular flexibility index (Phi) is 6.35. The lowest BCUT2D eigenvalue weighted by Crippen LogP contribution is -2.36. The molecular weight excluding hydrogens is 392 g/mol. The number of hydrogen-bond acceptors (Lipinski definition) is 5. The van der Waals surface area contributed by atoms with Gasteiger partial charge in [0.25, 0.3) is 0 Å². The first kappa shape index (κ1) is 20.7. The zero-order valence-corrected chi connectivity index (χ0v) is 18.1. The molecule has 1 atom stereocenters. The number of nitrogens with zero attached hydrogens (tertiary/aromatic N) is 4. The molecule has 0 saturated carbocycles. The van der Waals surface area contributed by atoms with Crippen LogP contribution in [-0.2, 0) is 19.5 Å². The molecule has 0 bridgehead atoms. The summed E-state index contributed by atoms with van der Waals surface area (Å²) in [6.45, 7) is 5.90. The van der Waals surface area contributed by atoms with Crippen LogP contribution in [-0.4, -0.2) is 40.3 Å². The van der Waals surface area contributed by atoms with E-state index < -0.39 is 0 Å². The van der Waals surface area contributed by atoms with Gasteiger partial charge in [-0.25, -0.2) is 9.97 Å². The van der Waals surface area contributed by atoms with Crippen molar-refractivity contribution in [3.8, 4) is 17.3 Å². The van der Waals surface area contributed by atoms with Gasteiger partial charge in [0, 0.05) is 56.3 Å². The third kappa shape index (κ3) is 4.96. The summed E-state index contributed by atoms with van der Waals surface area (Å²) in [5.74, 6) is 3.37. The summed E-state index contributed by atoms with van der Waals surface area (Å²) in [6.07, 6.45) is 8.25. The van der Waals surface area contributed by atoms with E-state index in [-0.39, 0.29) is 6.10 Å². The van der Waals surface area contributed by atoms with Crippen molar-refractivity contribution >= 4 is 5.96 Å². The quantitative estimate of drug-likeness (QED) is 0.452. The highest BCUT2D eigenvalue weighted by molar-refractivity contribution is 5.79. The first-order chi connectivity index (χ1) is 15.2. The van der Waals surface area contributed by atoms with Crippen molar-refractivity contribution in [2.75, 3.05) is 13.7 Å². The number of nitrogens with one attached hydrogen (secondary N) is 2. The molecule has 0 spiro atoms. The highest BCUT2D eigenvalue weighted by Gasteiger charge is 2.21. The van der Waals surface area contributed by atoms with E-state index in [1.165, 1.54) is 5.56 Å². The van der Waals surface area contributed by atoms with E-state index in [9.17, 15) is 0 Å². The van der Waals surface area contributed by atoms with Gasteiger partial charge in [0.2, 0.25) is 0 Å². The summed E-state index contributed by atoms with van der Waals surface area (Å²) in [5.41, 5.74) is 3.34. The normalized spacial score (nSPS) is 15.3. The molecule has 31 heavy (non-hydrogen) atoms. The molecule has 0 fully saturated rings. The molecule has 0 amide bonds. The molecule has 1 aliphatic rings. The Morgan fingerprint density at radius 3 is 2.90 bits per heavy atom. The lowest BCUT2D eigenvalue weighted by atomic mass is 10.1. The van der Waals surface area contributed by atoms with Crippen LogP contribution in [0.25, 0.3) is 5.82 Å².